The van der Waals surface area contributed by atoms with Crippen molar-refractivity contribution < 1.29 is 9.59 Å². The van der Waals surface area contributed by atoms with Crippen LogP contribution >= 0.6 is 0 Å². The number of rotatable bonds is 6. The third-order valence-electron chi connectivity index (χ3n) is 4.87. The molecular weight excluding hydrogens is 374 g/mol. The van der Waals surface area contributed by atoms with Crippen LogP contribution in [0.5, 0.6) is 0 Å². The fraction of sp³-hybridized carbons (Fsp3) is 0.0800. The first-order valence-corrected chi connectivity index (χ1v) is 9.68. The molecule has 0 bridgehead atoms. The number of aromatic nitrogens is 2. The van der Waals surface area contributed by atoms with Gasteiger partial charge in [0.25, 0.3) is 5.91 Å². The van der Waals surface area contributed by atoms with Crippen LogP contribution in [0.1, 0.15) is 26.3 Å². The molecule has 1 amide bonds. The SMILES string of the molecule is Cn1nc(-c2ccc(CC(=O)c3ccccc3)cc2)cc1NC(=O)c1ccccc1. The molecule has 4 rings (SSSR count). The predicted molar refractivity (Wildman–Crippen MR) is 118 cm³/mol. The van der Waals surface area contributed by atoms with Crippen LogP contribution in [0.2, 0.25) is 0 Å². The number of benzene rings is 3. The molecule has 0 spiro atoms. The first-order chi connectivity index (χ1) is 14.6. The summed E-state index contributed by atoms with van der Waals surface area (Å²) in [6.45, 7) is 0. The van der Waals surface area contributed by atoms with Crippen LogP contribution in [0.15, 0.2) is 91.0 Å². The van der Waals surface area contributed by atoms with Crippen molar-refractivity contribution >= 4 is 17.5 Å². The molecule has 0 saturated carbocycles. The third-order valence-corrected chi connectivity index (χ3v) is 4.87. The lowest BCUT2D eigenvalue weighted by atomic mass is 10.0. The van der Waals surface area contributed by atoms with Gasteiger partial charge in [-0.2, -0.15) is 5.10 Å². The summed E-state index contributed by atoms with van der Waals surface area (Å²) in [6, 6.07) is 27.9. The minimum Gasteiger partial charge on any atom is -0.307 e. The minimum atomic E-state index is -0.181. The number of amides is 1. The molecule has 1 N–H and O–H groups in total. The molecule has 4 aromatic rings. The number of anilines is 1. The van der Waals surface area contributed by atoms with E-state index in [1.165, 1.54) is 0 Å². The second kappa shape index (κ2) is 8.57. The van der Waals surface area contributed by atoms with Gasteiger partial charge in [-0.1, -0.05) is 72.8 Å². The number of nitrogens with zero attached hydrogens (tertiary/aromatic N) is 2. The Morgan fingerprint density at radius 1 is 0.833 bits per heavy atom. The smallest absolute Gasteiger partial charge is 0.256 e. The van der Waals surface area contributed by atoms with Gasteiger partial charge in [-0.3, -0.25) is 14.3 Å². The summed E-state index contributed by atoms with van der Waals surface area (Å²) in [5.74, 6) is 0.522. The summed E-state index contributed by atoms with van der Waals surface area (Å²) in [6.07, 6.45) is 0.352. The largest absolute Gasteiger partial charge is 0.307 e. The van der Waals surface area contributed by atoms with Crippen LogP contribution in [0.3, 0.4) is 0 Å². The molecule has 30 heavy (non-hydrogen) atoms. The Kier molecular flexibility index (Phi) is 5.52. The number of hydrogen-bond acceptors (Lipinski definition) is 3. The summed E-state index contributed by atoms with van der Waals surface area (Å²) in [4.78, 5) is 24.8. The van der Waals surface area contributed by atoms with E-state index in [4.69, 9.17) is 0 Å². The van der Waals surface area contributed by atoms with Crippen LogP contribution in [0, 0.1) is 0 Å². The Labute approximate surface area is 175 Å². The van der Waals surface area contributed by atoms with Crippen LogP contribution in [-0.4, -0.2) is 21.5 Å². The first kappa shape index (κ1) is 19.3. The zero-order chi connectivity index (χ0) is 20.9. The third kappa shape index (κ3) is 4.36. The van der Waals surface area contributed by atoms with E-state index in [2.05, 4.69) is 10.4 Å². The molecule has 0 radical (unpaired) electrons. The second-order valence-electron chi connectivity index (χ2n) is 7.02. The fourth-order valence-electron chi connectivity index (χ4n) is 3.21. The number of carbonyl (C=O) groups is 2. The lowest BCUT2D eigenvalue weighted by molar-refractivity contribution is 0.0991. The molecule has 0 aliphatic carbocycles. The molecule has 148 valence electrons. The number of Topliss-reactive ketones (excluding diaryl/α,β-unsaturated/α-hetero) is 1. The molecule has 0 aliphatic heterocycles. The summed E-state index contributed by atoms with van der Waals surface area (Å²) in [7, 11) is 1.79. The van der Waals surface area contributed by atoms with Crippen molar-refractivity contribution in [3.8, 4) is 11.3 Å². The number of carbonyl (C=O) groups excluding carboxylic acids is 2. The highest BCUT2D eigenvalue weighted by Crippen LogP contribution is 2.23. The number of hydrogen-bond donors (Lipinski definition) is 1. The minimum absolute atomic E-state index is 0.0899. The molecule has 0 saturated heterocycles. The first-order valence-electron chi connectivity index (χ1n) is 9.68. The van der Waals surface area contributed by atoms with Crippen molar-refractivity contribution in [3.63, 3.8) is 0 Å². The van der Waals surface area contributed by atoms with Crippen molar-refractivity contribution in [3.05, 3.63) is 108 Å². The monoisotopic (exact) mass is 395 g/mol. The Morgan fingerprint density at radius 2 is 1.43 bits per heavy atom. The molecule has 5 nitrogen and oxygen atoms in total. The maximum absolute atomic E-state index is 12.4. The van der Waals surface area contributed by atoms with E-state index in [-0.39, 0.29) is 11.7 Å². The highest BCUT2D eigenvalue weighted by atomic mass is 16.1. The van der Waals surface area contributed by atoms with E-state index in [1.807, 2.05) is 78.9 Å². The molecular formula is C25H21N3O2. The van der Waals surface area contributed by atoms with Crippen molar-refractivity contribution in [2.75, 3.05) is 5.32 Å². The predicted octanol–water partition coefficient (Wildman–Crippen LogP) is 4.76. The van der Waals surface area contributed by atoms with Gasteiger partial charge in [-0.05, 0) is 17.7 Å². The Morgan fingerprint density at radius 3 is 2.07 bits per heavy atom. The normalized spacial score (nSPS) is 10.6. The molecule has 3 aromatic carbocycles. The van der Waals surface area contributed by atoms with Crippen molar-refractivity contribution in [1.29, 1.82) is 0 Å². The van der Waals surface area contributed by atoms with Gasteiger partial charge in [0.2, 0.25) is 0 Å². The van der Waals surface area contributed by atoms with Gasteiger partial charge >= 0.3 is 0 Å². The maximum Gasteiger partial charge on any atom is 0.256 e. The van der Waals surface area contributed by atoms with Gasteiger partial charge in [0.1, 0.15) is 5.82 Å². The molecule has 1 heterocycles. The summed E-state index contributed by atoms with van der Waals surface area (Å²) < 4.78 is 1.64. The Bertz CT molecular complexity index is 1160. The van der Waals surface area contributed by atoms with Crippen LogP contribution < -0.4 is 5.32 Å². The number of nitrogens with one attached hydrogen (secondary N) is 1. The van der Waals surface area contributed by atoms with E-state index in [0.29, 0.717) is 23.4 Å². The molecule has 0 unspecified atom stereocenters. The van der Waals surface area contributed by atoms with E-state index in [0.717, 1.165) is 16.8 Å². The van der Waals surface area contributed by atoms with Gasteiger partial charge in [-0.25, -0.2) is 0 Å². The topological polar surface area (TPSA) is 64.0 Å². The summed E-state index contributed by atoms with van der Waals surface area (Å²) in [5.41, 5.74) is 3.92. The lowest BCUT2D eigenvalue weighted by Crippen LogP contribution is -2.14. The second-order valence-corrected chi connectivity index (χ2v) is 7.02. The molecule has 0 fully saturated rings. The average Bonchev–Trinajstić information content (AvgIpc) is 3.15. The zero-order valence-corrected chi connectivity index (χ0v) is 16.6. The zero-order valence-electron chi connectivity index (χ0n) is 16.6. The average molecular weight is 395 g/mol. The van der Waals surface area contributed by atoms with Crippen LogP contribution in [-0.2, 0) is 13.5 Å². The molecule has 0 atom stereocenters. The number of ketones is 1. The fourth-order valence-corrected chi connectivity index (χ4v) is 3.21. The van der Waals surface area contributed by atoms with Gasteiger partial charge in [0.05, 0.1) is 5.69 Å². The van der Waals surface area contributed by atoms with Crippen molar-refractivity contribution in [2.45, 2.75) is 6.42 Å². The molecule has 5 heteroatoms. The van der Waals surface area contributed by atoms with Gasteiger partial charge < -0.3 is 5.32 Å². The number of aryl methyl sites for hydroxylation is 1. The van der Waals surface area contributed by atoms with Gasteiger partial charge in [0.15, 0.2) is 5.78 Å². The van der Waals surface area contributed by atoms with E-state index in [9.17, 15) is 9.59 Å². The van der Waals surface area contributed by atoms with E-state index in [1.54, 1.807) is 23.9 Å². The van der Waals surface area contributed by atoms with E-state index < -0.39 is 0 Å². The summed E-state index contributed by atoms with van der Waals surface area (Å²) >= 11 is 0. The van der Waals surface area contributed by atoms with Crippen molar-refractivity contribution in [1.82, 2.24) is 9.78 Å². The lowest BCUT2D eigenvalue weighted by Gasteiger charge is -2.04. The van der Waals surface area contributed by atoms with Crippen molar-refractivity contribution in [2.24, 2.45) is 7.05 Å². The standard InChI is InChI=1S/C25H21N3O2/c1-28-24(26-25(30)21-10-6-3-7-11-21)17-22(27-28)19-14-12-18(13-15-19)16-23(29)20-8-4-2-5-9-20/h2-15,17H,16H2,1H3,(H,26,30). The van der Waals surface area contributed by atoms with Crippen LogP contribution in [0.4, 0.5) is 5.82 Å². The highest BCUT2D eigenvalue weighted by Gasteiger charge is 2.12. The molecule has 1 aromatic heterocycles. The molecule has 0 aliphatic rings. The van der Waals surface area contributed by atoms with Crippen LogP contribution in [0.25, 0.3) is 11.3 Å². The maximum atomic E-state index is 12.4. The quantitative estimate of drug-likeness (QED) is 0.479. The van der Waals surface area contributed by atoms with E-state index >= 15 is 0 Å². The van der Waals surface area contributed by atoms with Gasteiger partial charge in [0, 0.05) is 36.2 Å². The Hall–Kier alpha value is -3.99. The highest BCUT2D eigenvalue weighted by molar-refractivity contribution is 6.04. The summed E-state index contributed by atoms with van der Waals surface area (Å²) in [5, 5.41) is 7.39. The Balaban J connectivity index is 1.46. The van der Waals surface area contributed by atoms with Gasteiger partial charge in [-0.15, -0.1) is 0 Å².